The van der Waals surface area contributed by atoms with Gasteiger partial charge in [0.25, 0.3) is 0 Å². The van der Waals surface area contributed by atoms with Crippen molar-refractivity contribution < 1.29 is 12.8 Å². The Balaban J connectivity index is 1.52. The fraction of sp³-hybridized carbons (Fsp3) is 0.318. The molecule has 6 nitrogen and oxygen atoms in total. The molecule has 3 aromatic rings. The quantitative estimate of drug-likeness (QED) is 0.564. The molecule has 2 aromatic carbocycles. The molecule has 0 spiro atoms. The average Bonchev–Trinajstić information content (AvgIpc) is 3.17. The molecule has 1 N–H and O–H groups in total. The van der Waals surface area contributed by atoms with Crippen LogP contribution in [0.15, 0.2) is 59.5 Å². The lowest BCUT2D eigenvalue weighted by atomic mass is 10.1. The number of aromatic amines is 1. The Morgan fingerprint density at radius 3 is 2.47 bits per heavy atom. The van der Waals surface area contributed by atoms with Gasteiger partial charge in [-0.1, -0.05) is 12.1 Å². The summed E-state index contributed by atoms with van der Waals surface area (Å²) >= 11 is 0. The number of nitrogens with zero attached hydrogens (tertiary/aromatic N) is 3. The number of H-pyrrole nitrogens is 1. The van der Waals surface area contributed by atoms with Crippen LogP contribution in [0.25, 0.3) is 11.3 Å². The zero-order chi connectivity index (χ0) is 21.7. The summed E-state index contributed by atoms with van der Waals surface area (Å²) in [6.45, 7) is 1.52. The highest BCUT2D eigenvalue weighted by Gasteiger charge is 2.17. The van der Waals surface area contributed by atoms with Crippen LogP contribution in [0.4, 0.5) is 4.39 Å². The van der Waals surface area contributed by atoms with Crippen molar-refractivity contribution in [2.75, 3.05) is 27.7 Å². The summed E-state index contributed by atoms with van der Waals surface area (Å²) in [5, 5.41) is 7.35. The van der Waals surface area contributed by atoms with Gasteiger partial charge in [0, 0.05) is 31.9 Å². The second-order valence-corrected chi connectivity index (χ2v) is 9.71. The van der Waals surface area contributed by atoms with Crippen LogP contribution in [0.2, 0.25) is 0 Å². The topological polar surface area (TPSA) is 69.3 Å². The van der Waals surface area contributed by atoms with Gasteiger partial charge in [0.1, 0.15) is 5.82 Å². The first-order valence-electron chi connectivity index (χ1n) is 9.76. The Kier molecular flexibility index (Phi) is 7.02. The first-order chi connectivity index (χ1) is 14.3. The molecule has 0 atom stereocenters. The van der Waals surface area contributed by atoms with Crippen molar-refractivity contribution >= 4 is 10.0 Å². The number of sulfonamides is 1. The number of hydrogen-bond donors (Lipinski definition) is 1. The first kappa shape index (κ1) is 22.1. The number of aromatic nitrogens is 2. The van der Waals surface area contributed by atoms with Gasteiger partial charge in [0.15, 0.2) is 0 Å². The minimum atomic E-state index is -3.43. The van der Waals surface area contributed by atoms with Crippen LogP contribution in [0.1, 0.15) is 17.7 Å². The largest absolute Gasteiger partial charge is 0.302 e. The van der Waals surface area contributed by atoms with Gasteiger partial charge in [-0.3, -0.25) is 5.10 Å². The van der Waals surface area contributed by atoms with Crippen LogP contribution >= 0.6 is 0 Å². The van der Waals surface area contributed by atoms with Crippen LogP contribution in [-0.4, -0.2) is 55.5 Å². The second-order valence-electron chi connectivity index (χ2n) is 7.56. The number of aryl methyl sites for hydroxylation is 1. The summed E-state index contributed by atoms with van der Waals surface area (Å²) in [4.78, 5) is 2.47. The van der Waals surface area contributed by atoms with Crippen LogP contribution in [0.5, 0.6) is 0 Å². The van der Waals surface area contributed by atoms with Crippen LogP contribution in [0, 0.1) is 5.82 Å². The van der Waals surface area contributed by atoms with E-state index in [9.17, 15) is 12.8 Å². The summed E-state index contributed by atoms with van der Waals surface area (Å²) in [6.07, 6.45) is 1.77. The molecule has 8 heteroatoms. The highest BCUT2D eigenvalue weighted by molar-refractivity contribution is 7.89. The fourth-order valence-electron chi connectivity index (χ4n) is 3.20. The highest BCUT2D eigenvalue weighted by atomic mass is 32.2. The van der Waals surface area contributed by atoms with Gasteiger partial charge in [-0.25, -0.2) is 17.1 Å². The molecular formula is C22H27FN4O2S. The van der Waals surface area contributed by atoms with E-state index in [1.54, 1.807) is 30.3 Å². The van der Waals surface area contributed by atoms with Crippen molar-refractivity contribution in [2.24, 2.45) is 0 Å². The van der Waals surface area contributed by atoms with E-state index in [2.05, 4.69) is 15.1 Å². The lowest BCUT2D eigenvalue weighted by Gasteiger charge is -2.17. The van der Waals surface area contributed by atoms with Gasteiger partial charge < -0.3 is 4.90 Å². The maximum Gasteiger partial charge on any atom is 0.242 e. The maximum absolute atomic E-state index is 13.1. The average molecular weight is 431 g/mol. The molecule has 0 unspecified atom stereocenters. The van der Waals surface area contributed by atoms with E-state index in [1.165, 1.54) is 30.5 Å². The molecule has 3 rings (SSSR count). The number of hydrogen-bond acceptors (Lipinski definition) is 4. The van der Waals surface area contributed by atoms with Gasteiger partial charge >= 0.3 is 0 Å². The van der Waals surface area contributed by atoms with Crippen molar-refractivity contribution in [1.29, 1.82) is 0 Å². The van der Waals surface area contributed by atoms with Gasteiger partial charge in [-0.15, -0.1) is 0 Å². The molecule has 1 aromatic heterocycles. The summed E-state index contributed by atoms with van der Waals surface area (Å²) in [6, 6.07) is 15.3. The van der Waals surface area contributed by atoms with E-state index in [0.717, 1.165) is 41.9 Å². The summed E-state index contributed by atoms with van der Waals surface area (Å²) < 4.78 is 38.9. The molecule has 30 heavy (non-hydrogen) atoms. The van der Waals surface area contributed by atoms with Gasteiger partial charge in [0.05, 0.1) is 10.6 Å². The minimum absolute atomic E-state index is 0.262. The van der Waals surface area contributed by atoms with Crippen LogP contribution in [0.3, 0.4) is 0 Å². The van der Waals surface area contributed by atoms with Crippen molar-refractivity contribution in [1.82, 2.24) is 19.4 Å². The molecule has 0 aliphatic rings. The van der Waals surface area contributed by atoms with Crippen LogP contribution in [-0.2, 0) is 23.0 Å². The van der Waals surface area contributed by atoms with Crippen molar-refractivity contribution in [2.45, 2.75) is 24.3 Å². The Hall–Kier alpha value is -2.55. The lowest BCUT2D eigenvalue weighted by Crippen LogP contribution is -2.23. The van der Waals surface area contributed by atoms with Gasteiger partial charge in [-0.2, -0.15) is 5.10 Å². The van der Waals surface area contributed by atoms with Gasteiger partial charge in [-0.05, 0) is 74.5 Å². The molecule has 160 valence electrons. The Bertz CT molecular complexity index is 1080. The molecule has 1 heterocycles. The molecule has 0 aliphatic heterocycles. The third-order valence-corrected chi connectivity index (χ3v) is 6.70. The SMILES string of the molecule is CN(CCCc1cc(-c2ccc(F)cc2)n[nH]1)Cc1cccc(S(=O)(=O)N(C)C)c1. The molecule has 0 saturated carbocycles. The number of rotatable bonds is 9. The molecular weight excluding hydrogens is 403 g/mol. The zero-order valence-electron chi connectivity index (χ0n) is 17.5. The van der Waals surface area contributed by atoms with E-state index in [-0.39, 0.29) is 5.82 Å². The number of nitrogens with one attached hydrogen (secondary N) is 1. The Morgan fingerprint density at radius 2 is 1.77 bits per heavy atom. The predicted molar refractivity (Wildman–Crippen MR) is 116 cm³/mol. The monoisotopic (exact) mass is 430 g/mol. The smallest absolute Gasteiger partial charge is 0.242 e. The predicted octanol–water partition coefficient (Wildman–Crippen LogP) is 3.53. The molecule has 0 amide bonds. The lowest BCUT2D eigenvalue weighted by molar-refractivity contribution is 0.321. The number of halogens is 1. The van der Waals surface area contributed by atoms with Crippen LogP contribution < -0.4 is 0 Å². The Labute approximate surface area is 177 Å². The number of benzene rings is 2. The molecule has 0 radical (unpaired) electrons. The van der Waals surface area contributed by atoms with E-state index in [0.29, 0.717) is 11.4 Å². The normalized spacial score (nSPS) is 12.1. The third kappa shape index (κ3) is 5.53. The van der Waals surface area contributed by atoms with Crippen molar-refractivity contribution in [3.05, 3.63) is 71.7 Å². The molecule has 0 saturated heterocycles. The van der Waals surface area contributed by atoms with Crippen molar-refractivity contribution in [3.8, 4) is 11.3 Å². The third-order valence-electron chi connectivity index (χ3n) is 4.89. The van der Waals surface area contributed by atoms with Gasteiger partial charge in [0.2, 0.25) is 10.0 Å². The molecule has 0 bridgehead atoms. The summed E-state index contributed by atoms with van der Waals surface area (Å²) in [7, 11) is 1.66. The second kappa shape index (κ2) is 9.51. The standard InChI is InChI=1S/C22H27FN4O2S/c1-26(2)30(28,29)21-8-4-6-17(14-21)16-27(3)13-5-7-20-15-22(25-24-20)18-9-11-19(23)12-10-18/h4,6,8-12,14-15H,5,7,13,16H2,1-3H3,(H,24,25). The summed E-state index contributed by atoms with van der Waals surface area (Å²) in [5.74, 6) is -0.262. The fourth-order valence-corrected chi connectivity index (χ4v) is 4.18. The molecule has 0 aliphatic carbocycles. The Morgan fingerprint density at radius 1 is 1.03 bits per heavy atom. The van der Waals surface area contributed by atoms with E-state index in [4.69, 9.17) is 0 Å². The van der Waals surface area contributed by atoms with Crippen molar-refractivity contribution in [3.63, 3.8) is 0 Å². The first-order valence-corrected chi connectivity index (χ1v) is 11.2. The maximum atomic E-state index is 13.1. The van der Waals surface area contributed by atoms with E-state index in [1.807, 2.05) is 19.2 Å². The van der Waals surface area contributed by atoms with E-state index >= 15 is 0 Å². The zero-order valence-corrected chi connectivity index (χ0v) is 18.3. The minimum Gasteiger partial charge on any atom is -0.302 e. The highest BCUT2D eigenvalue weighted by Crippen LogP contribution is 2.19. The molecule has 0 fully saturated rings. The van der Waals surface area contributed by atoms with E-state index < -0.39 is 10.0 Å². The summed E-state index contributed by atoms with van der Waals surface area (Å²) in [5.41, 5.74) is 3.67.